The summed E-state index contributed by atoms with van der Waals surface area (Å²) in [6.45, 7) is 0. The number of carbonyl (C=O) groups is 1. The molecule has 0 spiro atoms. The number of nitrogens with zero attached hydrogens (tertiary/aromatic N) is 3. The van der Waals surface area contributed by atoms with E-state index in [4.69, 9.17) is 4.74 Å². The lowest BCUT2D eigenvalue weighted by Crippen LogP contribution is -2.06. The maximum atomic E-state index is 13.4. The van der Waals surface area contributed by atoms with E-state index in [1.165, 1.54) is 20.3 Å². The molecule has 2 aromatic heterocycles. The van der Waals surface area contributed by atoms with E-state index >= 15 is 0 Å². The van der Waals surface area contributed by atoms with Gasteiger partial charge in [-0.3, -0.25) is 0 Å². The van der Waals surface area contributed by atoms with E-state index in [0.29, 0.717) is 11.3 Å². The number of hydrogen-bond acceptors (Lipinski definition) is 5. The van der Waals surface area contributed by atoms with Crippen LogP contribution in [0.25, 0.3) is 16.9 Å². The van der Waals surface area contributed by atoms with Gasteiger partial charge in [-0.05, 0) is 18.2 Å². The minimum atomic E-state index is -2.79. The largest absolute Gasteiger partial charge is 0.497 e. The molecule has 124 valence electrons. The Labute approximate surface area is 135 Å². The average molecular weight is 333 g/mol. The number of fused-ring (bicyclic) bond motifs is 1. The lowest BCUT2D eigenvalue weighted by Gasteiger charge is -2.09. The fraction of sp³-hybridized carbons (Fsp3) is 0.188. The van der Waals surface area contributed by atoms with Crippen molar-refractivity contribution in [2.45, 2.75) is 6.43 Å². The van der Waals surface area contributed by atoms with Gasteiger partial charge in [0, 0.05) is 5.56 Å². The van der Waals surface area contributed by atoms with E-state index < -0.39 is 12.4 Å². The van der Waals surface area contributed by atoms with E-state index in [-0.39, 0.29) is 22.6 Å². The molecule has 0 aliphatic heterocycles. The minimum Gasteiger partial charge on any atom is -0.497 e. The molecular weight excluding hydrogens is 320 g/mol. The van der Waals surface area contributed by atoms with Gasteiger partial charge in [0.05, 0.1) is 26.1 Å². The van der Waals surface area contributed by atoms with E-state index in [1.807, 2.05) is 0 Å². The molecule has 8 heteroatoms. The number of rotatable bonds is 4. The molecule has 3 rings (SSSR count). The zero-order valence-electron chi connectivity index (χ0n) is 12.9. The number of carbonyl (C=O) groups excluding carboxylic acids is 1. The Morgan fingerprint density at radius 2 is 2.04 bits per heavy atom. The molecule has 0 saturated carbocycles. The van der Waals surface area contributed by atoms with Crippen molar-refractivity contribution < 1.29 is 23.0 Å². The number of methoxy groups -OCH3 is 2. The van der Waals surface area contributed by atoms with Gasteiger partial charge >= 0.3 is 5.97 Å². The zero-order chi connectivity index (χ0) is 17.3. The Morgan fingerprint density at radius 1 is 1.25 bits per heavy atom. The van der Waals surface area contributed by atoms with Crippen LogP contribution in [0.1, 0.15) is 22.5 Å². The zero-order valence-corrected chi connectivity index (χ0v) is 12.9. The van der Waals surface area contributed by atoms with Crippen LogP contribution in [0.2, 0.25) is 0 Å². The highest BCUT2D eigenvalue weighted by Gasteiger charge is 2.21. The topological polar surface area (TPSA) is 65.7 Å². The van der Waals surface area contributed by atoms with Gasteiger partial charge in [-0.1, -0.05) is 12.1 Å². The molecule has 0 unspecified atom stereocenters. The predicted octanol–water partition coefficient (Wildman–Crippen LogP) is 3.13. The molecule has 0 radical (unpaired) electrons. The molecule has 1 aromatic carbocycles. The molecule has 0 N–H and O–H groups in total. The van der Waals surface area contributed by atoms with Crippen molar-refractivity contribution in [2.75, 3.05) is 14.2 Å². The van der Waals surface area contributed by atoms with Gasteiger partial charge in [0.2, 0.25) is 0 Å². The number of ether oxygens (including phenoxy) is 2. The van der Waals surface area contributed by atoms with Crippen molar-refractivity contribution in [3.05, 3.63) is 47.8 Å². The van der Waals surface area contributed by atoms with Gasteiger partial charge in [-0.15, -0.1) is 0 Å². The highest BCUT2D eigenvalue weighted by molar-refractivity contribution is 5.95. The molecule has 24 heavy (non-hydrogen) atoms. The smallest absolute Gasteiger partial charge is 0.343 e. The number of halogens is 2. The lowest BCUT2D eigenvalue weighted by atomic mass is 10.1. The number of aromatic nitrogens is 3. The second-order valence-corrected chi connectivity index (χ2v) is 4.88. The standard InChI is InChI=1S/C16H13F2N3O3/c1-23-10-5-3-4-9(6-10)12-7-13(14(17)18)21-15(20-12)11(8-19-21)16(22)24-2/h3-8,14H,1-2H3. The molecule has 0 aliphatic rings. The molecule has 3 aromatic rings. The molecule has 0 amide bonds. The summed E-state index contributed by atoms with van der Waals surface area (Å²) in [5.41, 5.74) is 0.521. The van der Waals surface area contributed by atoms with Gasteiger partial charge < -0.3 is 9.47 Å². The molecule has 0 bridgehead atoms. The van der Waals surface area contributed by atoms with Gasteiger partial charge in [0.25, 0.3) is 6.43 Å². The summed E-state index contributed by atoms with van der Waals surface area (Å²) in [6, 6.07) is 8.07. The first kappa shape index (κ1) is 15.9. The summed E-state index contributed by atoms with van der Waals surface area (Å²) in [5.74, 6) is -0.130. The SMILES string of the molecule is COC(=O)c1cnn2c(C(F)F)cc(-c3cccc(OC)c3)nc12. The molecular formula is C16H13F2N3O3. The molecule has 0 atom stereocenters. The lowest BCUT2D eigenvalue weighted by molar-refractivity contribution is 0.0602. The van der Waals surface area contributed by atoms with E-state index in [1.54, 1.807) is 24.3 Å². The third-order valence-electron chi connectivity index (χ3n) is 3.49. The van der Waals surface area contributed by atoms with Crippen molar-refractivity contribution in [2.24, 2.45) is 0 Å². The Kier molecular flexibility index (Phi) is 4.11. The van der Waals surface area contributed by atoms with Crippen molar-refractivity contribution in [3.8, 4) is 17.0 Å². The van der Waals surface area contributed by atoms with Gasteiger partial charge in [0.15, 0.2) is 5.65 Å². The van der Waals surface area contributed by atoms with Crippen molar-refractivity contribution in [1.29, 1.82) is 0 Å². The molecule has 0 saturated heterocycles. The number of esters is 1. The number of alkyl halides is 2. The summed E-state index contributed by atoms with van der Waals surface area (Å²) < 4.78 is 37.5. The normalized spacial score (nSPS) is 11.0. The van der Waals surface area contributed by atoms with Crippen LogP contribution in [0.15, 0.2) is 36.5 Å². The highest BCUT2D eigenvalue weighted by atomic mass is 19.3. The monoisotopic (exact) mass is 333 g/mol. The van der Waals surface area contributed by atoms with Crippen molar-refractivity contribution >= 4 is 11.6 Å². The Balaban J connectivity index is 2.26. The van der Waals surface area contributed by atoms with Crippen LogP contribution < -0.4 is 4.74 Å². The Bertz CT molecular complexity index is 909. The van der Waals surface area contributed by atoms with Gasteiger partial charge in [0.1, 0.15) is 17.0 Å². The van der Waals surface area contributed by atoms with Crippen LogP contribution in [0.5, 0.6) is 5.75 Å². The van der Waals surface area contributed by atoms with Crippen molar-refractivity contribution in [3.63, 3.8) is 0 Å². The summed E-state index contributed by atoms with van der Waals surface area (Å²) in [5, 5.41) is 3.83. The molecule has 2 heterocycles. The fourth-order valence-corrected chi connectivity index (χ4v) is 2.33. The van der Waals surface area contributed by atoms with Gasteiger partial charge in [-0.25, -0.2) is 23.1 Å². The first-order valence-corrected chi connectivity index (χ1v) is 6.94. The first-order chi connectivity index (χ1) is 11.5. The van der Waals surface area contributed by atoms with E-state index in [0.717, 1.165) is 10.7 Å². The molecule has 6 nitrogen and oxygen atoms in total. The molecule has 0 fully saturated rings. The third-order valence-corrected chi connectivity index (χ3v) is 3.49. The van der Waals surface area contributed by atoms with E-state index in [9.17, 15) is 13.6 Å². The highest BCUT2D eigenvalue weighted by Crippen LogP contribution is 2.28. The van der Waals surface area contributed by atoms with Crippen LogP contribution in [0.3, 0.4) is 0 Å². The summed E-state index contributed by atoms with van der Waals surface area (Å²) in [6.07, 6.45) is -1.62. The van der Waals surface area contributed by atoms with E-state index in [2.05, 4.69) is 14.8 Å². The third kappa shape index (κ3) is 2.66. The maximum Gasteiger partial charge on any atom is 0.343 e. The quantitative estimate of drug-likeness (QED) is 0.686. The summed E-state index contributed by atoms with van der Waals surface area (Å²) in [4.78, 5) is 16.1. The number of benzene rings is 1. The Hall–Kier alpha value is -3.03. The van der Waals surface area contributed by atoms with Crippen molar-refractivity contribution in [1.82, 2.24) is 14.6 Å². The minimum absolute atomic E-state index is 0.0115. The van der Waals surface area contributed by atoms with Crippen LogP contribution in [-0.4, -0.2) is 34.8 Å². The average Bonchev–Trinajstić information content (AvgIpc) is 3.04. The first-order valence-electron chi connectivity index (χ1n) is 6.94. The summed E-state index contributed by atoms with van der Waals surface area (Å²) in [7, 11) is 2.71. The predicted molar refractivity (Wildman–Crippen MR) is 81.3 cm³/mol. The van der Waals surface area contributed by atoms with Crippen LogP contribution >= 0.6 is 0 Å². The summed E-state index contributed by atoms with van der Waals surface area (Å²) >= 11 is 0. The second kappa shape index (κ2) is 6.23. The molecule has 0 aliphatic carbocycles. The van der Waals surface area contributed by atoms with Crippen LogP contribution in [0.4, 0.5) is 8.78 Å². The van der Waals surface area contributed by atoms with Crippen LogP contribution in [-0.2, 0) is 4.74 Å². The fourth-order valence-electron chi connectivity index (χ4n) is 2.33. The second-order valence-electron chi connectivity index (χ2n) is 4.88. The number of hydrogen-bond donors (Lipinski definition) is 0. The maximum absolute atomic E-state index is 13.4. The Morgan fingerprint density at radius 3 is 2.71 bits per heavy atom. The van der Waals surface area contributed by atoms with Gasteiger partial charge in [-0.2, -0.15) is 5.10 Å². The van der Waals surface area contributed by atoms with Crippen LogP contribution in [0, 0.1) is 0 Å².